The van der Waals surface area contributed by atoms with Crippen LogP contribution in [0.25, 0.3) is 0 Å². The van der Waals surface area contributed by atoms with Gasteiger partial charge in [0, 0.05) is 16.7 Å². The van der Waals surface area contributed by atoms with E-state index < -0.39 is 7.60 Å². The topological polar surface area (TPSA) is 35.5 Å². The van der Waals surface area contributed by atoms with E-state index >= 15 is 0 Å². The predicted octanol–water partition coefficient (Wildman–Crippen LogP) is 6.75. The molecular formula is C22H29O3P. The highest BCUT2D eigenvalue weighted by atomic mass is 31.2. The summed E-state index contributed by atoms with van der Waals surface area (Å²) in [5.74, 6) is 1.38. The van der Waals surface area contributed by atoms with Crippen LogP contribution < -0.4 is 9.05 Å². The average Bonchev–Trinajstić information content (AvgIpc) is 2.82. The Kier molecular flexibility index (Phi) is 4.51. The average molecular weight is 372 g/mol. The molecule has 0 radical (unpaired) electrons. The number of hydrogen-bond acceptors (Lipinski definition) is 3. The standard InChI is InChI=1S/C22H29O3P/c1-15-12-17(21(2,3)4)20(18(13-15)22(5,6)7)25-26(23)14-16-10-8-9-11-19(16)24-26/h8-13H,14H2,1-7H3. The van der Waals surface area contributed by atoms with Gasteiger partial charge in [-0.25, -0.2) is 4.57 Å². The first-order valence-corrected chi connectivity index (χ1v) is 10.8. The summed E-state index contributed by atoms with van der Waals surface area (Å²) in [4.78, 5) is 0. The Morgan fingerprint density at radius 2 is 1.50 bits per heavy atom. The lowest BCUT2D eigenvalue weighted by atomic mass is 9.78. The molecule has 0 N–H and O–H groups in total. The molecule has 140 valence electrons. The number of fused-ring (bicyclic) bond motifs is 1. The fourth-order valence-electron chi connectivity index (χ4n) is 3.29. The van der Waals surface area contributed by atoms with Crippen LogP contribution in [-0.4, -0.2) is 0 Å². The zero-order valence-electron chi connectivity index (χ0n) is 16.8. The molecule has 26 heavy (non-hydrogen) atoms. The fourth-order valence-corrected chi connectivity index (χ4v) is 5.09. The van der Waals surface area contributed by atoms with Crippen molar-refractivity contribution in [2.75, 3.05) is 0 Å². The minimum Gasteiger partial charge on any atom is -0.416 e. The number of para-hydroxylation sites is 1. The zero-order chi connectivity index (χ0) is 19.3. The van der Waals surface area contributed by atoms with E-state index in [1.165, 1.54) is 5.56 Å². The van der Waals surface area contributed by atoms with Gasteiger partial charge in [-0.2, -0.15) is 0 Å². The Balaban J connectivity index is 2.11. The van der Waals surface area contributed by atoms with Crippen molar-refractivity contribution < 1.29 is 13.6 Å². The van der Waals surface area contributed by atoms with Gasteiger partial charge in [0.15, 0.2) is 0 Å². The van der Waals surface area contributed by atoms with E-state index in [-0.39, 0.29) is 10.8 Å². The van der Waals surface area contributed by atoms with E-state index in [0.29, 0.717) is 17.7 Å². The molecule has 1 aliphatic heterocycles. The minimum atomic E-state index is -3.28. The second-order valence-corrected chi connectivity index (χ2v) is 11.2. The van der Waals surface area contributed by atoms with Crippen molar-refractivity contribution in [3.63, 3.8) is 0 Å². The molecule has 1 heterocycles. The molecule has 0 aliphatic carbocycles. The third kappa shape index (κ3) is 3.69. The van der Waals surface area contributed by atoms with Crippen LogP contribution in [0.5, 0.6) is 11.5 Å². The molecule has 2 aromatic rings. The van der Waals surface area contributed by atoms with Crippen LogP contribution in [0.2, 0.25) is 0 Å². The van der Waals surface area contributed by atoms with Gasteiger partial charge >= 0.3 is 7.60 Å². The van der Waals surface area contributed by atoms with E-state index in [9.17, 15) is 4.57 Å². The van der Waals surface area contributed by atoms with Crippen molar-refractivity contribution in [3.05, 3.63) is 58.7 Å². The Morgan fingerprint density at radius 3 is 2.00 bits per heavy atom. The summed E-state index contributed by atoms with van der Waals surface area (Å²) in [5.41, 5.74) is 3.99. The van der Waals surface area contributed by atoms with Crippen LogP contribution in [0.15, 0.2) is 36.4 Å². The molecule has 1 atom stereocenters. The van der Waals surface area contributed by atoms with Gasteiger partial charge in [0.05, 0.1) is 0 Å². The van der Waals surface area contributed by atoms with Gasteiger partial charge in [-0.05, 0) is 23.8 Å². The van der Waals surface area contributed by atoms with Crippen LogP contribution in [0.4, 0.5) is 0 Å². The first-order chi connectivity index (χ1) is 11.9. The van der Waals surface area contributed by atoms with E-state index in [1.54, 1.807) is 0 Å². The Bertz CT molecular complexity index is 821. The summed E-state index contributed by atoms with van der Waals surface area (Å²) >= 11 is 0. The second kappa shape index (κ2) is 6.16. The molecule has 0 saturated heterocycles. The first-order valence-electron chi connectivity index (χ1n) is 9.11. The SMILES string of the molecule is Cc1cc(C(C)(C)C)c(OP2(=O)Cc3ccccc3O2)c(C(C)(C)C)c1. The van der Waals surface area contributed by atoms with Gasteiger partial charge < -0.3 is 9.05 Å². The summed E-state index contributed by atoms with van der Waals surface area (Å²) in [6.07, 6.45) is 0.310. The Hall–Kier alpha value is -1.73. The molecule has 3 nitrogen and oxygen atoms in total. The third-order valence-electron chi connectivity index (χ3n) is 4.65. The number of aryl methyl sites for hydroxylation is 1. The largest absolute Gasteiger partial charge is 0.435 e. The van der Waals surface area contributed by atoms with E-state index in [2.05, 4.69) is 60.6 Å². The molecule has 0 fully saturated rings. The lowest BCUT2D eigenvalue weighted by Crippen LogP contribution is -2.20. The zero-order valence-corrected chi connectivity index (χ0v) is 17.7. The highest BCUT2D eigenvalue weighted by molar-refractivity contribution is 7.54. The molecule has 1 aliphatic rings. The Morgan fingerprint density at radius 1 is 0.962 bits per heavy atom. The maximum absolute atomic E-state index is 13.4. The molecule has 2 aromatic carbocycles. The first kappa shape index (κ1) is 19.0. The maximum Gasteiger partial charge on any atom is 0.435 e. The summed E-state index contributed by atoms with van der Waals surface area (Å²) in [6.45, 7) is 15.0. The summed E-state index contributed by atoms with van der Waals surface area (Å²) in [6, 6.07) is 11.9. The van der Waals surface area contributed by atoms with Crippen molar-refractivity contribution in [3.8, 4) is 11.5 Å². The molecular weight excluding hydrogens is 343 g/mol. The van der Waals surface area contributed by atoms with E-state index in [0.717, 1.165) is 16.7 Å². The van der Waals surface area contributed by atoms with Crippen molar-refractivity contribution in [2.45, 2.75) is 65.5 Å². The summed E-state index contributed by atoms with van der Waals surface area (Å²) < 4.78 is 25.5. The molecule has 4 heteroatoms. The predicted molar refractivity (Wildman–Crippen MR) is 108 cm³/mol. The lowest BCUT2D eigenvalue weighted by Gasteiger charge is -2.31. The van der Waals surface area contributed by atoms with E-state index in [4.69, 9.17) is 9.05 Å². The van der Waals surface area contributed by atoms with Gasteiger partial charge in [-0.1, -0.05) is 77.4 Å². The molecule has 0 aromatic heterocycles. The maximum atomic E-state index is 13.4. The minimum absolute atomic E-state index is 0.132. The van der Waals surface area contributed by atoms with Crippen LogP contribution in [0, 0.1) is 6.92 Å². The normalized spacial score (nSPS) is 19.8. The van der Waals surface area contributed by atoms with Gasteiger partial charge in [0.25, 0.3) is 0 Å². The second-order valence-electron chi connectivity index (χ2n) is 9.25. The highest BCUT2D eigenvalue weighted by Crippen LogP contribution is 2.60. The van der Waals surface area contributed by atoms with Crippen LogP contribution in [0.1, 0.15) is 63.8 Å². The molecule has 0 bridgehead atoms. The quantitative estimate of drug-likeness (QED) is 0.547. The number of hydrogen-bond donors (Lipinski definition) is 0. The van der Waals surface area contributed by atoms with Crippen LogP contribution in [0.3, 0.4) is 0 Å². The van der Waals surface area contributed by atoms with Gasteiger partial charge in [-0.3, -0.25) is 0 Å². The van der Waals surface area contributed by atoms with Crippen molar-refractivity contribution >= 4 is 7.60 Å². The monoisotopic (exact) mass is 372 g/mol. The van der Waals surface area contributed by atoms with Gasteiger partial charge in [-0.15, -0.1) is 0 Å². The fraction of sp³-hybridized carbons (Fsp3) is 0.455. The highest BCUT2D eigenvalue weighted by Gasteiger charge is 2.39. The van der Waals surface area contributed by atoms with Crippen molar-refractivity contribution in [1.82, 2.24) is 0 Å². The lowest BCUT2D eigenvalue weighted by molar-refractivity contribution is 0.384. The van der Waals surface area contributed by atoms with Crippen molar-refractivity contribution in [1.29, 1.82) is 0 Å². The van der Waals surface area contributed by atoms with E-state index in [1.807, 2.05) is 24.3 Å². The molecule has 0 saturated carbocycles. The smallest absolute Gasteiger partial charge is 0.416 e. The van der Waals surface area contributed by atoms with Crippen LogP contribution >= 0.6 is 7.60 Å². The molecule has 0 amide bonds. The van der Waals surface area contributed by atoms with Gasteiger partial charge in [0.1, 0.15) is 17.7 Å². The molecule has 1 unspecified atom stereocenters. The van der Waals surface area contributed by atoms with Crippen molar-refractivity contribution in [2.24, 2.45) is 0 Å². The summed E-state index contributed by atoms with van der Waals surface area (Å²) in [7, 11) is -3.28. The van der Waals surface area contributed by atoms with Crippen LogP contribution in [-0.2, 0) is 21.6 Å². The molecule has 3 rings (SSSR count). The van der Waals surface area contributed by atoms with Gasteiger partial charge in [0.2, 0.25) is 0 Å². The number of benzene rings is 2. The Labute approximate surface area is 157 Å². The molecule has 0 spiro atoms. The third-order valence-corrected chi connectivity index (χ3v) is 6.32. The summed E-state index contributed by atoms with van der Waals surface area (Å²) in [5, 5.41) is 0. The number of rotatable bonds is 2.